The Morgan fingerprint density at radius 2 is 1.41 bits per heavy atom. The first-order valence-electron chi connectivity index (χ1n) is 11.9. The molecule has 0 fully saturated rings. The summed E-state index contributed by atoms with van der Waals surface area (Å²) < 4.78 is 31.4. The van der Waals surface area contributed by atoms with Crippen molar-refractivity contribution in [2.45, 2.75) is 18.6 Å². The molecule has 4 N–H and O–H groups in total. The fraction of sp³-hybridized carbons (Fsp3) is 0.172. The van der Waals surface area contributed by atoms with Gasteiger partial charge in [0.05, 0.1) is 18.0 Å². The van der Waals surface area contributed by atoms with E-state index in [2.05, 4.69) is 22.2 Å². The fourth-order valence-electron chi connectivity index (χ4n) is 3.96. The number of aliphatic hydroxyl groups excluding tert-OH is 1. The standard InChI is InChI=1S/C29H30N2O5S/c1-37(34,35)31-27-19-23(14-17-28(27)32)29(33)20-30-26(18-21-8-4-2-5-9-21)22-12-15-25(16-13-22)36-24-10-6-3-7-11-24/h2-17,19,26,29-33H,18,20H2,1H3/t26-,29+/m1/s1. The van der Waals surface area contributed by atoms with E-state index in [1.54, 1.807) is 6.07 Å². The maximum Gasteiger partial charge on any atom is 0.229 e. The third-order valence-electron chi connectivity index (χ3n) is 5.80. The first-order chi connectivity index (χ1) is 17.8. The number of anilines is 1. The Bertz CT molecular complexity index is 1400. The number of hydrogen-bond acceptors (Lipinski definition) is 6. The van der Waals surface area contributed by atoms with Crippen LogP contribution in [-0.2, 0) is 16.4 Å². The number of aromatic hydroxyl groups is 1. The van der Waals surface area contributed by atoms with Gasteiger partial charge in [-0.15, -0.1) is 0 Å². The highest BCUT2D eigenvalue weighted by Gasteiger charge is 2.17. The van der Waals surface area contributed by atoms with Crippen molar-refractivity contribution in [1.29, 1.82) is 0 Å². The van der Waals surface area contributed by atoms with Crippen molar-refractivity contribution >= 4 is 15.7 Å². The normalized spacial score (nSPS) is 13.0. The SMILES string of the molecule is CS(=O)(=O)Nc1cc([C@@H](O)CN[C@H](Cc2ccccc2)c2ccc(Oc3ccccc3)cc2)ccc1O. The predicted molar refractivity (Wildman–Crippen MR) is 145 cm³/mol. The maximum absolute atomic E-state index is 11.6. The second-order valence-electron chi connectivity index (χ2n) is 8.80. The molecule has 8 heteroatoms. The molecular formula is C29H30N2O5S. The van der Waals surface area contributed by atoms with Crippen molar-refractivity contribution in [3.8, 4) is 17.2 Å². The molecule has 7 nitrogen and oxygen atoms in total. The van der Waals surface area contributed by atoms with Gasteiger partial charge in [-0.1, -0.05) is 66.7 Å². The average molecular weight is 519 g/mol. The second kappa shape index (κ2) is 11.9. The summed E-state index contributed by atoms with van der Waals surface area (Å²) in [6.07, 6.45) is 0.768. The number of aliphatic hydroxyl groups is 1. The van der Waals surface area contributed by atoms with Gasteiger partial charge in [-0.3, -0.25) is 4.72 Å². The van der Waals surface area contributed by atoms with Crippen LogP contribution >= 0.6 is 0 Å². The second-order valence-corrected chi connectivity index (χ2v) is 10.5. The summed E-state index contributed by atoms with van der Waals surface area (Å²) >= 11 is 0. The van der Waals surface area contributed by atoms with Crippen LogP contribution in [0.2, 0.25) is 0 Å². The number of rotatable bonds is 11. The van der Waals surface area contributed by atoms with Crippen LogP contribution < -0.4 is 14.8 Å². The maximum atomic E-state index is 11.6. The molecule has 37 heavy (non-hydrogen) atoms. The van der Waals surface area contributed by atoms with Crippen LogP contribution in [0.3, 0.4) is 0 Å². The Hall–Kier alpha value is -3.85. The number of hydrogen-bond donors (Lipinski definition) is 4. The van der Waals surface area contributed by atoms with Gasteiger partial charge in [-0.25, -0.2) is 8.42 Å². The van der Waals surface area contributed by atoms with Crippen LogP contribution in [0.5, 0.6) is 17.2 Å². The minimum Gasteiger partial charge on any atom is -0.506 e. The summed E-state index contributed by atoms with van der Waals surface area (Å²) in [4.78, 5) is 0. The van der Waals surface area contributed by atoms with Gasteiger partial charge in [0.1, 0.15) is 17.2 Å². The monoisotopic (exact) mass is 518 g/mol. The minimum atomic E-state index is -3.58. The highest BCUT2D eigenvalue weighted by Crippen LogP contribution is 2.29. The van der Waals surface area contributed by atoms with E-state index in [1.807, 2.05) is 72.8 Å². The van der Waals surface area contributed by atoms with E-state index in [0.29, 0.717) is 12.0 Å². The first-order valence-corrected chi connectivity index (χ1v) is 13.7. The molecule has 0 unspecified atom stereocenters. The van der Waals surface area contributed by atoms with Crippen molar-refractivity contribution in [3.63, 3.8) is 0 Å². The molecule has 0 aromatic heterocycles. The third-order valence-corrected chi connectivity index (χ3v) is 6.39. The summed E-state index contributed by atoms with van der Waals surface area (Å²) in [5, 5.41) is 24.3. The van der Waals surface area contributed by atoms with Crippen molar-refractivity contribution in [3.05, 3.63) is 120 Å². The lowest BCUT2D eigenvalue weighted by Gasteiger charge is -2.22. The molecule has 0 spiro atoms. The molecule has 0 bridgehead atoms. The number of nitrogens with one attached hydrogen (secondary N) is 2. The van der Waals surface area contributed by atoms with Crippen LogP contribution in [0, 0.1) is 0 Å². The summed E-state index contributed by atoms with van der Waals surface area (Å²) in [5.41, 5.74) is 2.67. The number of phenols is 1. The Kier molecular flexibility index (Phi) is 8.45. The lowest BCUT2D eigenvalue weighted by Crippen LogP contribution is -2.28. The zero-order valence-corrected chi connectivity index (χ0v) is 21.2. The Morgan fingerprint density at radius 3 is 2.05 bits per heavy atom. The van der Waals surface area contributed by atoms with Gasteiger partial charge in [0.25, 0.3) is 0 Å². The van der Waals surface area contributed by atoms with Gasteiger partial charge in [0.2, 0.25) is 10.0 Å². The summed E-state index contributed by atoms with van der Waals surface area (Å²) in [6, 6.07) is 31.7. The van der Waals surface area contributed by atoms with Crippen molar-refractivity contribution in [2.75, 3.05) is 17.5 Å². The van der Waals surface area contributed by atoms with Gasteiger partial charge in [0.15, 0.2) is 0 Å². The molecule has 4 rings (SSSR count). The van der Waals surface area contributed by atoms with Crippen LogP contribution in [-0.4, -0.2) is 31.4 Å². The summed E-state index contributed by atoms with van der Waals surface area (Å²) in [5.74, 6) is 1.27. The Morgan fingerprint density at radius 1 is 0.811 bits per heavy atom. The molecule has 0 saturated heterocycles. The topological polar surface area (TPSA) is 108 Å². The Balaban J connectivity index is 1.49. The summed E-state index contributed by atoms with van der Waals surface area (Å²) in [7, 11) is -3.58. The van der Waals surface area contributed by atoms with Gasteiger partial charge in [-0.2, -0.15) is 0 Å². The number of benzene rings is 4. The zero-order chi connectivity index (χ0) is 26.3. The number of sulfonamides is 1. The Labute approximate surface area is 217 Å². The molecule has 0 aliphatic rings. The average Bonchev–Trinajstić information content (AvgIpc) is 2.88. The largest absolute Gasteiger partial charge is 0.506 e. The van der Waals surface area contributed by atoms with Crippen LogP contribution in [0.1, 0.15) is 28.8 Å². The molecule has 192 valence electrons. The van der Waals surface area contributed by atoms with E-state index >= 15 is 0 Å². The van der Waals surface area contributed by atoms with E-state index < -0.39 is 16.1 Å². The molecular weight excluding hydrogens is 488 g/mol. The lowest BCUT2D eigenvalue weighted by molar-refractivity contribution is 0.169. The predicted octanol–water partition coefficient (Wildman–Crippen LogP) is 5.16. The third kappa shape index (κ3) is 7.82. The van der Waals surface area contributed by atoms with E-state index in [4.69, 9.17) is 4.74 Å². The number of ether oxygens (including phenoxy) is 1. The molecule has 4 aromatic carbocycles. The van der Waals surface area contributed by atoms with Crippen molar-refractivity contribution in [2.24, 2.45) is 0 Å². The number of para-hydroxylation sites is 1. The highest BCUT2D eigenvalue weighted by atomic mass is 32.2. The molecule has 0 saturated carbocycles. The highest BCUT2D eigenvalue weighted by molar-refractivity contribution is 7.92. The van der Waals surface area contributed by atoms with Crippen LogP contribution in [0.4, 0.5) is 5.69 Å². The van der Waals surface area contributed by atoms with E-state index in [-0.39, 0.29) is 24.0 Å². The van der Waals surface area contributed by atoms with Crippen molar-refractivity contribution < 1.29 is 23.4 Å². The molecule has 0 amide bonds. The van der Waals surface area contributed by atoms with Gasteiger partial charge in [0, 0.05) is 12.6 Å². The van der Waals surface area contributed by atoms with Crippen LogP contribution in [0.25, 0.3) is 0 Å². The lowest BCUT2D eigenvalue weighted by atomic mass is 9.98. The van der Waals surface area contributed by atoms with Gasteiger partial charge in [-0.05, 0) is 59.5 Å². The van der Waals surface area contributed by atoms with Crippen LogP contribution in [0.15, 0.2) is 103 Å². The zero-order valence-electron chi connectivity index (χ0n) is 20.4. The van der Waals surface area contributed by atoms with Gasteiger partial charge >= 0.3 is 0 Å². The molecule has 4 aromatic rings. The number of phenolic OH excluding ortho intramolecular Hbond substituents is 1. The molecule has 2 atom stereocenters. The molecule has 0 aliphatic carbocycles. The molecule has 0 heterocycles. The smallest absolute Gasteiger partial charge is 0.229 e. The van der Waals surface area contributed by atoms with E-state index in [1.165, 1.54) is 12.1 Å². The first kappa shape index (κ1) is 26.2. The summed E-state index contributed by atoms with van der Waals surface area (Å²) in [6.45, 7) is 0.211. The van der Waals surface area contributed by atoms with E-state index in [0.717, 1.165) is 28.9 Å². The fourth-order valence-corrected chi connectivity index (χ4v) is 4.53. The van der Waals surface area contributed by atoms with Crippen molar-refractivity contribution in [1.82, 2.24) is 5.32 Å². The van der Waals surface area contributed by atoms with E-state index in [9.17, 15) is 18.6 Å². The van der Waals surface area contributed by atoms with Gasteiger partial charge < -0.3 is 20.3 Å². The molecule has 0 radical (unpaired) electrons. The minimum absolute atomic E-state index is 0.0221. The quantitative estimate of drug-likeness (QED) is 0.204. The molecule has 0 aliphatic heterocycles.